The zero-order valence-electron chi connectivity index (χ0n) is 15.1. The van der Waals surface area contributed by atoms with Crippen LogP contribution < -0.4 is 10.6 Å². The molecule has 3 rings (SSSR count). The maximum Gasteiger partial charge on any atom is 0.277 e. The zero-order chi connectivity index (χ0) is 19.2. The number of rotatable bonds is 7. The van der Waals surface area contributed by atoms with Crippen molar-refractivity contribution < 1.29 is 13.9 Å². The Labute approximate surface area is 156 Å². The Kier molecular flexibility index (Phi) is 5.77. The van der Waals surface area contributed by atoms with Crippen LogP contribution in [0.3, 0.4) is 0 Å². The second-order valence-corrected chi connectivity index (χ2v) is 5.90. The zero-order valence-corrected chi connectivity index (χ0v) is 15.1. The number of ether oxygens (including phenoxy) is 1. The fraction of sp³-hybridized carbons (Fsp3) is 0.211. The minimum atomic E-state index is -0.408. The van der Waals surface area contributed by atoms with Gasteiger partial charge in [-0.1, -0.05) is 6.07 Å². The molecule has 0 bridgehead atoms. The SMILES string of the molecule is COCCn1ccc(NC(=O)c2nc(C)ccc2Nc2cccc(F)c2)n1. The van der Waals surface area contributed by atoms with Gasteiger partial charge in [-0.25, -0.2) is 9.37 Å². The number of amides is 1. The molecule has 0 fully saturated rings. The molecule has 0 unspecified atom stereocenters. The number of nitrogens with one attached hydrogen (secondary N) is 2. The summed E-state index contributed by atoms with van der Waals surface area (Å²) in [6, 6.07) is 11.2. The molecule has 0 aliphatic carbocycles. The monoisotopic (exact) mass is 369 g/mol. The number of pyridine rings is 1. The molecule has 3 aromatic rings. The summed E-state index contributed by atoms with van der Waals surface area (Å²) < 4.78 is 20.1. The standard InChI is InChI=1S/C19H20FN5O2/c1-13-6-7-16(22-15-5-3-4-14(20)12-15)18(21-13)19(26)23-17-8-9-25(24-17)10-11-27-2/h3-9,12,22H,10-11H2,1-2H3,(H,23,24,26). The lowest BCUT2D eigenvalue weighted by Crippen LogP contribution is -2.17. The first-order valence-electron chi connectivity index (χ1n) is 8.39. The van der Waals surface area contributed by atoms with E-state index in [-0.39, 0.29) is 11.5 Å². The average Bonchev–Trinajstić information content (AvgIpc) is 3.08. The van der Waals surface area contributed by atoms with Gasteiger partial charge in [-0.3, -0.25) is 9.48 Å². The van der Waals surface area contributed by atoms with Crippen LogP contribution in [0.4, 0.5) is 21.6 Å². The summed E-state index contributed by atoms with van der Waals surface area (Å²) >= 11 is 0. The van der Waals surface area contributed by atoms with Crippen molar-refractivity contribution in [2.45, 2.75) is 13.5 Å². The van der Waals surface area contributed by atoms with Gasteiger partial charge in [0.1, 0.15) is 5.82 Å². The molecule has 8 heteroatoms. The van der Waals surface area contributed by atoms with Crippen molar-refractivity contribution in [3.63, 3.8) is 0 Å². The molecule has 0 saturated heterocycles. The lowest BCUT2D eigenvalue weighted by molar-refractivity contribution is 0.102. The predicted molar refractivity (Wildman–Crippen MR) is 101 cm³/mol. The number of hydrogen-bond donors (Lipinski definition) is 2. The molecule has 1 aromatic carbocycles. The molecule has 1 amide bonds. The summed E-state index contributed by atoms with van der Waals surface area (Å²) in [5.74, 6) is -0.363. The first-order valence-corrected chi connectivity index (χ1v) is 8.39. The molecule has 2 heterocycles. The molecule has 140 valence electrons. The van der Waals surface area contributed by atoms with Crippen LogP contribution in [0.5, 0.6) is 0 Å². The number of hydrogen-bond acceptors (Lipinski definition) is 5. The van der Waals surface area contributed by atoms with Crippen LogP contribution in [-0.4, -0.2) is 34.4 Å². The number of nitrogens with zero attached hydrogens (tertiary/aromatic N) is 3. The Hall–Kier alpha value is -3.26. The summed E-state index contributed by atoms with van der Waals surface area (Å²) in [6.45, 7) is 2.90. The second kappa shape index (κ2) is 8.41. The Balaban J connectivity index is 1.79. The number of carbonyl (C=O) groups excluding carboxylic acids is 1. The number of anilines is 3. The lowest BCUT2D eigenvalue weighted by atomic mass is 10.2. The van der Waals surface area contributed by atoms with Crippen molar-refractivity contribution in [3.05, 3.63) is 65.9 Å². The summed E-state index contributed by atoms with van der Waals surface area (Å²) in [4.78, 5) is 17.0. The van der Waals surface area contributed by atoms with Crippen molar-refractivity contribution in [1.29, 1.82) is 0 Å². The van der Waals surface area contributed by atoms with Gasteiger partial charge in [-0.05, 0) is 37.3 Å². The van der Waals surface area contributed by atoms with Crippen LogP contribution in [0.25, 0.3) is 0 Å². The second-order valence-electron chi connectivity index (χ2n) is 5.90. The molecule has 0 atom stereocenters. The minimum Gasteiger partial charge on any atom is -0.383 e. The van der Waals surface area contributed by atoms with E-state index < -0.39 is 5.91 Å². The molecule has 0 saturated carbocycles. The van der Waals surface area contributed by atoms with E-state index in [1.54, 1.807) is 55.2 Å². The molecule has 27 heavy (non-hydrogen) atoms. The fourth-order valence-electron chi connectivity index (χ4n) is 2.47. The van der Waals surface area contributed by atoms with Gasteiger partial charge in [0.25, 0.3) is 5.91 Å². The molecule has 0 aliphatic heterocycles. The molecule has 0 radical (unpaired) electrons. The first-order chi connectivity index (χ1) is 13.0. The largest absolute Gasteiger partial charge is 0.383 e. The first kappa shape index (κ1) is 18.5. The minimum absolute atomic E-state index is 0.200. The quantitative estimate of drug-likeness (QED) is 0.667. The van der Waals surface area contributed by atoms with Gasteiger partial charge in [-0.15, -0.1) is 0 Å². The number of aromatic nitrogens is 3. The summed E-state index contributed by atoms with van der Waals surface area (Å²) in [7, 11) is 1.61. The molecule has 7 nitrogen and oxygen atoms in total. The van der Waals surface area contributed by atoms with Crippen LogP contribution in [0, 0.1) is 12.7 Å². The van der Waals surface area contributed by atoms with E-state index in [4.69, 9.17) is 4.74 Å². The highest BCUT2D eigenvalue weighted by Crippen LogP contribution is 2.21. The summed E-state index contributed by atoms with van der Waals surface area (Å²) in [5, 5.41) is 10.0. The van der Waals surface area contributed by atoms with Crippen molar-refractivity contribution in [2.75, 3.05) is 24.4 Å². The van der Waals surface area contributed by atoms with Gasteiger partial charge in [-0.2, -0.15) is 5.10 Å². The predicted octanol–water partition coefficient (Wildman–Crippen LogP) is 3.37. The highest BCUT2D eigenvalue weighted by atomic mass is 19.1. The fourth-order valence-corrected chi connectivity index (χ4v) is 2.47. The average molecular weight is 369 g/mol. The maximum absolute atomic E-state index is 13.4. The van der Waals surface area contributed by atoms with Crippen molar-refractivity contribution in [2.24, 2.45) is 0 Å². The number of methoxy groups -OCH3 is 1. The van der Waals surface area contributed by atoms with Gasteiger partial charge in [0, 0.05) is 30.8 Å². The Morgan fingerprint density at radius 3 is 2.89 bits per heavy atom. The molecule has 0 spiro atoms. The highest BCUT2D eigenvalue weighted by Gasteiger charge is 2.15. The summed E-state index contributed by atoms with van der Waals surface area (Å²) in [6.07, 6.45) is 1.75. The van der Waals surface area contributed by atoms with E-state index in [0.717, 1.165) is 0 Å². The third-order valence-corrected chi connectivity index (χ3v) is 3.76. The van der Waals surface area contributed by atoms with Gasteiger partial charge in [0.05, 0.1) is 18.8 Å². The Morgan fingerprint density at radius 2 is 2.11 bits per heavy atom. The lowest BCUT2D eigenvalue weighted by Gasteiger charge is -2.12. The Bertz CT molecular complexity index is 941. The van der Waals surface area contributed by atoms with Crippen LogP contribution >= 0.6 is 0 Å². The highest BCUT2D eigenvalue weighted by molar-refractivity contribution is 6.06. The van der Waals surface area contributed by atoms with Crippen molar-refractivity contribution in [1.82, 2.24) is 14.8 Å². The van der Waals surface area contributed by atoms with E-state index >= 15 is 0 Å². The third-order valence-electron chi connectivity index (χ3n) is 3.76. The van der Waals surface area contributed by atoms with Crippen LogP contribution in [0.2, 0.25) is 0 Å². The molecular formula is C19H20FN5O2. The number of carbonyl (C=O) groups is 1. The van der Waals surface area contributed by atoms with E-state index in [0.29, 0.717) is 36.0 Å². The van der Waals surface area contributed by atoms with Gasteiger partial charge >= 0.3 is 0 Å². The number of halogens is 1. The van der Waals surface area contributed by atoms with Crippen molar-refractivity contribution in [3.8, 4) is 0 Å². The van der Waals surface area contributed by atoms with Crippen molar-refractivity contribution >= 4 is 23.1 Å². The number of aryl methyl sites for hydroxylation is 1. The van der Waals surface area contributed by atoms with Gasteiger partial charge in [0.2, 0.25) is 0 Å². The van der Waals surface area contributed by atoms with Gasteiger partial charge < -0.3 is 15.4 Å². The third kappa shape index (κ3) is 4.89. The molecule has 2 aromatic heterocycles. The van der Waals surface area contributed by atoms with E-state index in [1.165, 1.54) is 12.1 Å². The Morgan fingerprint density at radius 1 is 1.26 bits per heavy atom. The molecular weight excluding hydrogens is 349 g/mol. The topological polar surface area (TPSA) is 81.1 Å². The normalized spacial score (nSPS) is 10.6. The molecule has 0 aliphatic rings. The van der Waals surface area contributed by atoms with E-state index in [1.807, 2.05) is 0 Å². The smallest absolute Gasteiger partial charge is 0.277 e. The summed E-state index contributed by atoms with van der Waals surface area (Å²) in [5.41, 5.74) is 1.89. The van der Waals surface area contributed by atoms with Gasteiger partial charge in [0.15, 0.2) is 11.5 Å². The maximum atomic E-state index is 13.4. The van der Waals surface area contributed by atoms with E-state index in [9.17, 15) is 9.18 Å². The van der Waals surface area contributed by atoms with E-state index in [2.05, 4.69) is 20.7 Å². The van der Waals surface area contributed by atoms with Crippen LogP contribution in [0.1, 0.15) is 16.2 Å². The molecule has 2 N–H and O–H groups in total. The number of benzene rings is 1. The van der Waals surface area contributed by atoms with Crippen LogP contribution in [-0.2, 0) is 11.3 Å². The van der Waals surface area contributed by atoms with Crippen LogP contribution in [0.15, 0.2) is 48.7 Å².